The molecule has 64 valence electrons. The van der Waals surface area contributed by atoms with Gasteiger partial charge in [-0.1, -0.05) is 0 Å². The molecule has 0 aromatic carbocycles. The van der Waals surface area contributed by atoms with Crippen LogP contribution in [0.3, 0.4) is 0 Å². The summed E-state index contributed by atoms with van der Waals surface area (Å²) in [5, 5.41) is 8.09. The van der Waals surface area contributed by atoms with Gasteiger partial charge < -0.3 is 0 Å². The average molecular weight is 197 g/mol. The van der Waals surface area contributed by atoms with E-state index >= 15 is 0 Å². The first-order valence-corrected chi connectivity index (χ1v) is 5.13. The van der Waals surface area contributed by atoms with Crippen LogP contribution in [0.25, 0.3) is 0 Å². The lowest BCUT2D eigenvalue weighted by atomic mass is 10.4. The summed E-state index contributed by atoms with van der Waals surface area (Å²) in [5.74, 6) is -0.321. The van der Waals surface area contributed by atoms with Gasteiger partial charge in [-0.2, -0.15) is 5.26 Å². The predicted octanol–water partition coefficient (Wildman–Crippen LogP) is 0.0567. The minimum absolute atomic E-state index is 0.199. The molecule has 0 saturated heterocycles. The molecule has 6 heteroatoms. The lowest BCUT2D eigenvalue weighted by Crippen LogP contribution is -2.35. The SMILES string of the molecule is CC(CCl)NS(=O)(=O)CC#N. The van der Waals surface area contributed by atoms with Crippen molar-refractivity contribution in [3.63, 3.8) is 0 Å². The molecule has 0 aliphatic heterocycles. The molecule has 4 nitrogen and oxygen atoms in total. The first-order chi connectivity index (χ1) is 5.02. The van der Waals surface area contributed by atoms with Crippen LogP contribution in [0.1, 0.15) is 6.92 Å². The summed E-state index contributed by atoms with van der Waals surface area (Å²) in [7, 11) is -3.44. The molecule has 1 N–H and O–H groups in total. The van der Waals surface area contributed by atoms with E-state index in [4.69, 9.17) is 16.9 Å². The molecule has 1 unspecified atom stereocenters. The molecule has 0 saturated carbocycles. The Balaban J connectivity index is 4.05. The van der Waals surface area contributed by atoms with E-state index in [-0.39, 0.29) is 11.9 Å². The number of sulfonamides is 1. The number of nitrogens with zero attached hydrogens (tertiary/aromatic N) is 1. The van der Waals surface area contributed by atoms with E-state index < -0.39 is 15.8 Å². The monoisotopic (exact) mass is 196 g/mol. The van der Waals surface area contributed by atoms with Crippen molar-refractivity contribution in [2.45, 2.75) is 13.0 Å². The quantitative estimate of drug-likeness (QED) is 0.647. The van der Waals surface area contributed by atoms with Crippen molar-refractivity contribution < 1.29 is 8.42 Å². The Morgan fingerprint density at radius 3 is 2.64 bits per heavy atom. The first kappa shape index (κ1) is 10.7. The molecule has 11 heavy (non-hydrogen) atoms. The first-order valence-electron chi connectivity index (χ1n) is 2.94. The zero-order chi connectivity index (χ0) is 8.91. The molecule has 0 aliphatic carbocycles. The molecule has 0 aliphatic rings. The summed E-state index contributed by atoms with van der Waals surface area (Å²) < 4.78 is 23.8. The van der Waals surface area contributed by atoms with Crippen LogP contribution < -0.4 is 4.72 Å². The Hall–Kier alpha value is -0.310. The van der Waals surface area contributed by atoms with E-state index in [1.165, 1.54) is 0 Å². The van der Waals surface area contributed by atoms with E-state index in [2.05, 4.69) is 4.72 Å². The number of halogens is 1. The van der Waals surface area contributed by atoms with Gasteiger partial charge in [-0.25, -0.2) is 13.1 Å². The normalized spacial score (nSPS) is 13.9. The Kier molecular flexibility index (Phi) is 4.42. The molecular weight excluding hydrogens is 188 g/mol. The fourth-order valence-electron chi connectivity index (χ4n) is 0.465. The van der Waals surface area contributed by atoms with Crippen molar-refractivity contribution in [2.24, 2.45) is 0 Å². The minimum Gasteiger partial charge on any atom is -0.211 e. The van der Waals surface area contributed by atoms with Gasteiger partial charge in [0.15, 0.2) is 5.75 Å². The predicted molar refractivity (Wildman–Crippen MR) is 42.7 cm³/mol. The Morgan fingerprint density at radius 1 is 1.73 bits per heavy atom. The summed E-state index contributed by atoms with van der Waals surface area (Å²) in [6, 6.07) is 1.22. The van der Waals surface area contributed by atoms with Crippen LogP contribution in [-0.2, 0) is 10.0 Å². The van der Waals surface area contributed by atoms with Crippen LogP contribution in [0.15, 0.2) is 0 Å². The fraction of sp³-hybridized carbons (Fsp3) is 0.800. The fourth-order valence-corrected chi connectivity index (χ4v) is 1.58. The smallest absolute Gasteiger partial charge is 0.211 e. The second-order valence-corrected chi connectivity index (χ2v) is 4.15. The zero-order valence-electron chi connectivity index (χ0n) is 6.04. The topological polar surface area (TPSA) is 70.0 Å². The van der Waals surface area contributed by atoms with Crippen LogP contribution >= 0.6 is 11.6 Å². The third-order valence-corrected chi connectivity index (χ3v) is 2.60. The van der Waals surface area contributed by atoms with Gasteiger partial charge in [0.05, 0.1) is 6.07 Å². The van der Waals surface area contributed by atoms with Gasteiger partial charge in [-0.3, -0.25) is 0 Å². The Morgan fingerprint density at radius 2 is 2.27 bits per heavy atom. The second kappa shape index (κ2) is 4.54. The molecule has 0 spiro atoms. The molecular formula is C5H9ClN2O2S. The second-order valence-electron chi connectivity index (χ2n) is 2.09. The highest BCUT2D eigenvalue weighted by atomic mass is 35.5. The standard InChI is InChI=1S/C5H9ClN2O2S/c1-5(4-6)8-11(9,10)3-2-7/h5,8H,3-4H2,1H3. The van der Waals surface area contributed by atoms with Crippen molar-refractivity contribution in [2.75, 3.05) is 11.6 Å². The van der Waals surface area contributed by atoms with Gasteiger partial charge in [0.1, 0.15) is 0 Å². The van der Waals surface area contributed by atoms with Gasteiger partial charge in [0, 0.05) is 11.9 Å². The number of hydrogen-bond donors (Lipinski definition) is 1. The van der Waals surface area contributed by atoms with E-state index in [9.17, 15) is 8.42 Å². The number of alkyl halides is 1. The number of nitriles is 1. The van der Waals surface area contributed by atoms with Gasteiger partial charge in [-0.15, -0.1) is 11.6 Å². The van der Waals surface area contributed by atoms with E-state index in [1.54, 1.807) is 13.0 Å². The van der Waals surface area contributed by atoms with Gasteiger partial charge in [-0.05, 0) is 6.92 Å². The Bertz CT molecular complexity index is 244. The summed E-state index contributed by atoms with van der Waals surface area (Å²) in [5.41, 5.74) is 0. The van der Waals surface area contributed by atoms with Crippen molar-refractivity contribution in [3.8, 4) is 6.07 Å². The summed E-state index contributed by atoms with van der Waals surface area (Å²) in [6.07, 6.45) is 0. The van der Waals surface area contributed by atoms with E-state index in [0.717, 1.165) is 0 Å². The highest BCUT2D eigenvalue weighted by Gasteiger charge is 2.12. The van der Waals surface area contributed by atoms with Crippen LogP contribution in [0.5, 0.6) is 0 Å². The summed E-state index contributed by atoms with van der Waals surface area (Å²) in [4.78, 5) is 0. The maximum Gasteiger partial charge on any atom is 0.225 e. The maximum absolute atomic E-state index is 10.8. The molecule has 0 radical (unpaired) electrons. The van der Waals surface area contributed by atoms with E-state index in [1.807, 2.05) is 0 Å². The zero-order valence-corrected chi connectivity index (χ0v) is 7.61. The minimum atomic E-state index is -3.44. The number of hydrogen-bond acceptors (Lipinski definition) is 3. The molecule has 0 fully saturated rings. The van der Waals surface area contributed by atoms with Gasteiger partial charge in [0.25, 0.3) is 0 Å². The molecule has 0 heterocycles. The largest absolute Gasteiger partial charge is 0.225 e. The van der Waals surface area contributed by atoms with Crippen LogP contribution in [-0.4, -0.2) is 26.1 Å². The lowest BCUT2D eigenvalue weighted by Gasteiger charge is -2.07. The van der Waals surface area contributed by atoms with Crippen LogP contribution in [0, 0.1) is 11.3 Å². The molecule has 1 atom stereocenters. The van der Waals surface area contributed by atoms with Gasteiger partial charge in [0.2, 0.25) is 10.0 Å². The number of rotatable bonds is 4. The van der Waals surface area contributed by atoms with E-state index in [0.29, 0.717) is 0 Å². The van der Waals surface area contributed by atoms with Crippen molar-refractivity contribution >= 4 is 21.6 Å². The van der Waals surface area contributed by atoms with Crippen molar-refractivity contribution in [1.82, 2.24) is 4.72 Å². The number of nitrogens with one attached hydrogen (secondary N) is 1. The van der Waals surface area contributed by atoms with Crippen LogP contribution in [0.2, 0.25) is 0 Å². The van der Waals surface area contributed by atoms with Crippen molar-refractivity contribution in [3.05, 3.63) is 0 Å². The Labute approximate surface area is 71.2 Å². The lowest BCUT2D eigenvalue weighted by molar-refractivity contribution is 0.574. The molecule has 0 rings (SSSR count). The summed E-state index contributed by atoms with van der Waals surface area (Å²) >= 11 is 5.35. The summed E-state index contributed by atoms with van der Waals surface area (Å²) in [6.45, 7) is 1.63. The third-order valence-electron chi connectivity index (χ3n) is 0.867. The highest BCUT2D eigenvalue weighted by molar-refractivity contribution is 7.89. The van der Waals surface area contributed by atoms with Crippen LogP contribution in [0.4, 0.5) is 0 Å². The van der Waals surface area contributed by atoms with Gasteiger partial charge >= 0.3 is 0 Å². The molecule has 0 aromatic rings. The molecule has 0 bridgehead atoms. The third kappa shape index (κ3) is 5.01. The molecule has 0 aromatic heterocycles. The molecule has 0 amide bonds. The van der Waals surface area contributed by atoms with Crippen molar-refractivity contribution in [1.29, 1.82) is 5.26 Å². The average Bonchev–Trinajstić information content (AvgIpc) is 1.86. The highest BCUT2D eigenvalue weighted by Crippen LogP contribution is 1.90. The maximum atomic E-state index is 10.8.